The fraction of sp³-hybridized carbons (Fsp3) is 0.333. The van der Waals surface area contributed by atoms with Crippen LogP contribution in [0, 0.1) is 0 Å². The van der Waals surface area contributed by atoms with E-state index in [-0.39, 0.29) is 19.1 Å². The van der Waals surface area contributed by atoms with E-state index >= 15 is 0 Å². The van der Waals surface area contributed by atoms with Crippen LogP contribution in [-0.2, 0) is 4.79 Å². The summed E-state index contributed by atoms with van der Waals surface area (Å²) < 4.78 is 10.3. The van der Waals surface area contributed by atoms with E-state index in [9.17, 15) is 9.59 Å². The van der Waals surface area contributed by atoms with Gasteiger partial charge in [-0.1, -0.05) is 0 Å². The molecular formula is C12H13NO5. The van der Waals surface area contributed by atoms with E-state index < -0.39 is 12.0 Å². The summed E-state index contributed by atoms with van der Waals surface area (Å²) in [6.07, 6.45) is -0.115. The standard InChI is InChI=1S/C12H13NO5/c1-7(4-11(14)15)13-12(16)8-2-3-9-10(5-8)18-6-17-9/h2-3,5,7H,4,6H2,1H3,(H,13,16)(H,14,15). The lowest BCUT2D eigenvalue weighted by Gasteiger charge is -2.11. The van der Waals surface area contributed by atoms with Crippen LogP contribution in [0.5, 0.6) is 11.5 Å². The maximum atomic E-state index is 11.8. The highest BCUT2D eigenvalue weighted by atomic mass is 16.7. The fourth-order valence-corrected chi connectivity index (χ4v) is 1.66. The van der Waals surface area contributed by atoms with Crippen LogP contribution in [0.15, 0.2) is 18.2 Å². The number of rotatable bonds is 4. The summed E-state index contributed by atoms with van der Waals surface area (Å²) in [5, 5.41) is 11.2. The highest BCUT2D eigenvalue weighted by molar-refractivity contribution is 5.95. The summed E-state index contributed by atoms with van der Waals surface area (Å²) in [6.45, 7) is 1.79. The highest BCUT2D eigenvalue weighted by Crippen LogP contribution is 2.32. The number of nitrogens with one attached hydrogen (secondary N) is 1. The van der Waals surface area contributed by atoms with Crippen molar-refractivity contribution < 1.29 is 24.2 Å². The molecule has 2 rings (SSSR count). The number of carbonyl (C=O) groups excluding carboxylic acids is 1. The van der Waals surface area contributed by atoms with Crippen LogP contribution in [0.25, 0.3) is 0 Å². The van der Waals surface area contributed by atoms with Gasteiger partial charge in [0.15, 0.2) is 11.5 Å². The molecule has 1 atom stereocenters. The van der Waals surface area contributed by atoms with Gasteiger partial charge in [-0.2, -0.15) is 0 Å². The van der Waals surface area contributed by atoms with Gasteiger partial charge in [0.1, 0.15) is 0 Å². The Bertz CT molecular complexity index is 485. The van der Waals surface area contributed by atoms with E-state index in [2.05, 4.69) is 5.32 Å². The average Bonchev–Trinajstić information content (AvgIpc) is 2.74. The van der Waals surface area contributed by atoms with Crippen LogP contribution in [0.2, 0.25) is 0 Å². The quantitative estimate of drug-likeness (QED) is 0.834. The summed E-state index contributed by atoms with van der Waals surface area (Å²) in [7, 11) is 0. The average molecular weight is 251 g/mol. The Balaban J connectivity index is 2.03. The van der Waals surface area contributed by atoms with Crippen molar-refractivity contribution in [3.05, 3.63) is 23.8 Å². The molecule has 1 aromatic rings. The maximum Gasteiger partial charge on any atom is 0.305 e. The Labute approximate surface area is 104 Å². The first-order valence-electron chi connectivity index (χ1n) is 5.48. The van der Waals surface area contributed by atoms with Crippen molar-refractivity contribution in [3.63, 3.8) is 0 Å². The maximum absolute atomic E-state index is 11.8. The molecule has 1 aliphatic rings. The van der Waals surface area contributed by atoms with Gasteiger partial charge >= 0.3 is 5.97 Å². The normalized spacial score (nSPS) is 14.1. The van der Waals surface area contributed by atoms with Gasteiger partial charge in [0.25, 0.3) is 5.91 Å². The number of fused-ring (bicyclic) bond motifs is 1. The van der Waals surface area contributed by atoms with E-state index in [0.717, 1.165) is 0 Å². The van der Waals surface area contributed by atoms with Gasteiger partial charge in [-0.25, -0.2) is 0 Å². The molecule has 96 valence electrons. The van der Waals surface area contributed by atoms with Crippen LogP contribution < -0.4 is 14.8 Å². The third-order valence-electron chi connectivity index (χ3n) is 2.49. The smallest absolute Gasteiger partial charge is 0.305 e. The second-order valence-corrected chi connectivity index (χ2v) is 4.04. The molecule has 0 aromatic heterocycles. The molecule has 1 heterocycles. The van der Waals surface area contributed by atoms with E-state index in [0.29, 0.717) is 17.1 Å². The Morgan fingerprint density at radius 2 is 2.11 bits per heavy atom. The van der Waals surface area contributed by atoms with Gasteiger partial charge in [0, 0.05) is 11.6 Å². The molecule has 0 saturated heterocycles. The lowest BCUT2D eigenvalue weighted by molar-refractivity contribution is -0.137. The van der Waals surface area contributed by atoms with Crippen molar-refractivity contribution in [1.82, 2.24) is 5.32 Å². The molecule has 0 radical (unpaired) electrons. The van der Waals surface area contributed by atoms with Gasteiger partial charge in [0.05, 0.1) is 6.42 Å². The van der Waals surface area contributed by atoms with Crippen molar-refractivity contribution in [2.75, 3.05) is 6.79 Å². The molecule has 0 bridgehead atoms. The van der Waals surface area contributed by atoms with Crippen LogP contribution in [0.1, 0.15) is 23.7 Å². The summed E-state index contributed by atoms with van der Waals surface area (Å²) >= 11 is 0. The van der Waals surface area contributed by atoms with Crippen molar-refractivity contribution >= 4 is 11.9 Å². The van der Waals surface area contributed by atoms with Crippen LogP contribution in [-0.4, -0.2) is 29.8 Å². The molecular weight excluding hydrogens is 238 g/mol. The minimum atomic E-state index is -0.950. The van der Waals surface area contributed by atoms with E-state index in [1.54, 1.807) is 25.1 Å². The molecule has 1 aromatic carbocycles. The lowest BCUT2D eigenvalue weighted by atomic mass is 10.1. The summed E-state index contributed by atoms with van der Waals surface area (Å²) in [5.74, 6) is -0.158. The Morgan fingerprint density at radius 1 is 1.39 bits per heavy atom. The van der Waals surface area contributed by atoms with Crippen molar-refractivity contribution in [1.29, 1.82) is 0 Å². The van der Waals surface area contributed by atoms with E-state index in [1.165, 1.54) is 0 Å². The first-order chi connectivity index (χ1) is 8.56. The number of carboxylic acid groups (broad SMARTS) is 1. The molecule has 0 saturated carbocycles. The predicted molar refractivity (Wildman–Crippen MR) is 61.7 cm³/mol. The van der Waals surface area contributed by atoms with Crippen molar-refractivity contribution in [2.45, 2.75) is 19.4 Å². The van der Waals surface area contributed by atoms with Crippen molar-refractivity contribution in [2.24, 2.45) is 0 Å². The zero-order valence-electron chi connectivity index (χ0n) is 9.80. The second-order valence-electron chi connectivity index (χ2n) is 4.04. The van der Waals surface area contributed by atoms with Gasteiger partial charge in [0.2, 0.25) is 6.79 Å². The molecule has 1 aliphatic heterocycles. The summed E-state index contributed by atoms with van der Waals surface area (Å²) in [6, 6.07) is 4.40. The summed E-state index contributed by atoms with van der Waals surface area (Å²) in [4.78, 5) is 22.3. The Hall–Kier alpha value is -2.24. The minimum Gasteiger partial charge on any atom is -0.481 e. The highest BCUT2D eigenvalue weighted by Gasteiger charge is 2.17. The minimum absolute atomic E-state index is 0.115. The number of amides is 1. The third kappa shape index (κ3) is 2.71. The molecule has 1 amide bonds. The van der Waals surface area contributed by atoms with Crippen LogP contribution in [0.3, 0.4) is 0 Å². The zero-order chi connectivity index (χ0) is 13.1. The van der Waals surface area contributed by atoms with Gasteiger partial charge in [-0.15, -0.1) is 0 Å². The predicted octanol–water partition coefficient (Wildman–Crippen LogP) is 1.01. The number of hydrogen-bond donors (Lipinski definition) is 2. The van der Waals surface area contributed by atoms with Crippen molar-refractivity contribution in [3.8, 4) is 11.5 Å². The first-order valence-corrected chi connectivity index (χ1v) is 5.48. The SMILES string of the molecule is CC(CC(=O)O)NC(=O)c1ccc2c(c1)OCO2. The molecule has 0 spiro atoms. The second kappa shape index (κ2) is 4.95. The monoisotopic (exact) mass is 251 g/mol. The Kier molecular flexibility index (Phi) is 3.36. The molecule has 6 heteroatoms. The third-order valence-corrected chi connectivity index (χ3v) is 2.49. The molecule has 0 fully saturated rings. The van der Waals surface area contributed by atoms with Gasteiger partial charge in [-0.3, -0.25) is 9.59 Å². The number of ether oxygens (including phenoxy) is 2. The topological polar surface area (TPSA) is 84.9 Å². The molecule has 1 unspecified atom stereocenters. The number of carbonyl (C=O) groups is 2. The molecule has 0 aliphatic carbocycles. The van der Waals surface area contributed by atoms with Crippen LogP contribution >= 0.6 is 0 Å². The Morgan fingerprint density at radius 3 is 2.83 bits per heavy atom. The summed E-state index contributed by atoms with van der Waals surface area (Å²) in [5.41, 5.74) is 0.413. The number of hydrogen-bond acceptors (Lipinski definition) is 4. The number of carboxylic acids is 1. The molecule has 6 nitrogen and oxygen atoms in total. The van der Waals surface area contributed by atoms with Gasteiger partial charge in [-0.05, 0) is 25.1 Å². The largest absolute Gasteiger partial charge is 0.481 e. The molecule has 2 N–H and O–H groups in total. The molecule has 18 heavy (non-hydrogen) atoms. The van der Waals surface area contributed by atoms with E-state index in [1.807, 2.05) is 0 Å². The lowest BCUT2D eigenvalue weighted by Crippen LogP contribution is -2.34. The number of aliphatic carboxylic acids is 1. The zero-order valence-corrected chi connectivity index (χ0v) is 9.80. The van der Waals surface area contributed by atoms with E-state index in [4.69, 9.17) is 14.6 Å². The van der Waals surface area contributed by atoms with Crippen LogP contribution in [0.4, 0.5) is 0 Å². The fourth-order valence-electron chi connectivity index (χ4n) is 1.66. The van der Waals surface area contributed by atoms with Gasteiger partial charge < -0.3 is 19.9 Å². The number of benzene rings is 1. The first kappa shape index (κ1) is 12.2.